The van der Waals surface area contributed by atoms with Crippen molar-refractivity contribution in [1.82, 2.24) is 19.9 Å². The topological polar surface area (TPSA) is 74.7 Å². The lowest BCUT2D eigenvalue weighted by molar-refractivity contribution is -0.129. The van der Waals surface area contributed by atoms with Gasteiger partial charge in [-0.1, -0.05) is 0 Å². The molecule has 0 saturated carbocycles. The van der Waals surface area contributed by atoms with Gasteiger partial charge in [-0.25, -0.2) is 9.97 Å². The minimum Gasteiger partial charge on any atom is -0.372 e. The first-order valence-electron chi connectivity index (χ1n) is 9.25. The van der Waals surface area contributed by atoms with E-state index in [-0.39, 0.29) is 12.0 Å². The molecular weight excluding hydrogens is 344 g/mol. The Bertz CT molecular complexity index is 787. The summed E-state index contributed by atoms with van der Waals surface area (Å²) in [6.45, 7) is 4.18. The number of ether oxygens (including phenoxy) is 1. The summed E-state index contributed by atoms with van der Waals surface area (Å²) in [6, 6.07) is 5.92. The van der Waals surface area contributed by atoms with E-state index in [0.717, 1.165) is 43.3 Å². The van der Waals surface area contributed by atoms with Crippen molar-refractivity contribution >= 4 is 17.5 Å². The Kier molecular flexibility index (Phi) is 5.15. The van der Waals surface area contributed by atoms with Crippen molar-refractivity contribution in [2.75, 3.05) is 49.6 Å². The van der Waals surface area contributed by atoms with Crippen LogP contribution < -0.4 is 9.80 Å². The molecule has 1 atom stereocenters. The molecule has 8 heteroatoms. The number of aromatic nitrogens is 3. The van der Waals surface area contributed by atoms with Crippen LogP contribution in [0, 0.1) is 0 Å². The second-order valence-corrected chi connectivity index (χ2v) is 6.99. The number of anilines is 2. The van der Waals surface area contributed by atoms with Crippen molar-refractivity contribution in [3.05, 3.63) is 42.5 Å². The Morgan fingerprint density at radius 3 is 2.67 bits per heavy atom. The Hall–Kier alpha value is -2.74. The minimum atomic E-state index is 0.118. The lowest BCUT2D eigenvalue weighted by Gasteiger charge is -2.33. The van der Waals surface area contributed by atoms with Gasteiger partial charge in [-0.2, -0.15) is 0 Å². The maximum atomic E-state index is 12.0. The van der Waals surface area contributed by atoms with E-state index in [2.05, 4.69) is 19.9 Å². The van der Waals surface area contributed by atoms with Crippen molar-refractivity contribution in [2.45, 2.75) is 19.1 Å². The number of carbonyl (C=O) groups excluding carboxylic acids is 1. The highest BCUT2D eigenvalue weighted by molar-refractivity contribution is 5.82. The summed E-state index contributed by atoms with van der Waals surface area (Å²) in [5.74, 6) is 1.82. The lowest BCUT2D eigenvalue weighted by Crippen LogP contribution is -2.48. The first kappa shape index (κ1) is 17.7. The van der Waals surface area contributed by atoms with Gasteiger partial charge in [0.15, 0.2) is 0 Å². The Balaban J connectivity index is 1.36. The van der Waals surface area contributed by atoms with E-state index in [1.54, 1.807) is 23.6 Å². The van der Waals surface area contributed by atoms with Crippen LogP contribution in [-0.4, -0.2) is 71.6 Å². The van der Waals surface area contributed by atoms with Gasteiger partial charge in [-0.3, -0.25) is 9.78 Å². The quantitative estimate of drug-likeness (QED) is 0.778. The zero-order valence-electron chi connectivity index (χ0n) is 15.5. The highest BCUT2D eigenvalue weighted by Gasteiger charge is 2.26. The van der Waals surface area contributed by atoms with Crippen molar-refractivity contribution in [3.63, 3.8) is 0 Å². The number of piperazine rings is 1. The summed E-state index contributed by atoms with van der Waals surface area (Å²) in [7, 11) is 1.83. The number of hydrogen-bond acceptors (Lipinski definition) is 7. The van der Waals surface area contributed by atoms with Crippen LogP contribution in [0.15, 0.2) is 36.9 Å². The van der Waals surface area contributed by atoms with Crippen LogP contribution in [0.1, 0.15) is 12.0 Å². The molecule has 2 saturated heterocycles. The van der Waals surface area contributed by atoms with E-state index in [1.165, 1.54) is 0 Å². The Morgan fingerprint density at radius 1 is 1.11 bits per heavy atom. The third-order valence-electron chi connectivity index (χ3n) is 5.12. The van der Waals surface area contributed by atoms with Gasteiger partial charge in [0.1, 0.15) is 18.0 Å². The fourth-order valence-corrected chi connectivity index (χ4v) is 3.40. The van der Waals surface area contributed by atoms with Crippen LogP contribution >= 0.6 is 0 Å². The molecule has 1 amide bonds. The van der Waals surface area contributed by atoms with E-state index in [9.17, 15) is 4.79 Å². The van der Waals surface area contributed by atoms with Gasteiger partial charge in [-0.05, 0) is 24.1 Å². The van der Waals surface area contributed by atoms with Gasteiger partial charge < -0.3 is 19.4 Å². The van der Waals surface area contributed by atoms with E-state index in [4.69, 9.17) is 4.74 Å². The van der Waals surface area contributed by atoms with Crippen molar-refractivity contribution in [2.24, 2.45) is 0 Å². The normalized spacial score (nSPS) is 20.4. The van der Waals surface area contributed by atoms with Crippen molar-refractivity contribution in [1.29, 1.82) is 0 Å². The molecule has 2 aromatic rings. The van der Waals surface area contributed by atoms with E-state index < -0.39 is 0 Å². The van der Waals surface area contributed by atoms with Gasteiger partial charge in [0.05, 0.1) is 19.3 Å². The summed E-state index contributed by atoms with van der Waals surface area (Å²) in [6.07, 6.45) is 6.30. The number of nitrogens with zero attached hydrogens (tertiary/aromatic N) is 6. The number of carbonyl (C=O) groups is 1. The average molecular weight is 368 g/mol. The molecule has 2 aliphatic rings. The maximum Gasteiger partial charge on any atom is 0.241 e. The lowest BCUT2D eigenvalue weighted by atomic mass is 10.3. The zero-order valence-corrected chi connectivity index (χ0v) is 15.5. The van der Waals surface area contributed by atoms with Gasteiger partial charge in [0.2, 0.25) is 5.91 Å². The van der Waals surface area contributed by atoms with E-state index >= 15 is 0 Å². The fourth-order valence-electron chi connectivity index (χ4n) is 3.40. The largest absolute Gasteiger partial charge is 0.372 e. The summed E-state index contributed by atoms with van der Waals surface area (Å²) < 4.78 is 6.04. The smallest absolute Gasteiger partial charge is 0.241 e. The highest BCUT2D eigenvalue weighted by Crippen LogP contribution is 2.24. The van der Waals surface area contributed by atoms with Crippen LogP contribution in [0.3, 0.4) is 0 Å². The molecule has 4 heterocycles. The molecule has 2 aromatic heterocycles. The van der Waals surface area contributed by atoms with Gasteiger partial charge >= 0.3 is 0 Å². The standard InChI is InChI=1S/C19H24N6O2/c1-23-8-9-25(12-19(23)26)18-10-17(21-14-22-18)24-7-4-16(11-24)27-13-15-2-5-20-6-3-15/h2-3,5-6,10,14,16H,4,7-9,11-13H2,1H3. The third-order valence-corrected chi connectivity index (χ3v) is 5.12. The molecular formula is C19H24N6O2. The summed E-state index contributed by atoms with van der Waals surface area (Å²) in [4.78, 5) is 30.8. The predicted octanol–water partition coefficient (Wildman–Crippen LogP) is 0.945. The Labute approximate surface area is 158 Å². The van der Waals surface area contributed by atoms with Crippen LogP contribution in [0.2, 0.25) is 0 Å². The van der Waals surface area contributed by atoms with E-state index in [1.807, 2.05) is 30.1 Å². The first-order chi connectivity index (χ1) is 13.2. The SMILES string of the molecule is CN1CCN(c2cc(N3CCC(OCc4ccncc4)C3)ncn2)CC1=O. The number of likely N-dealkylation sites (N-methyl/N-ethyl adjacent to an activating group) is 1. The molecule has 0 N–H and O–H groups in total. The number of amides is 1. The number of pyridine rings is 1. The van der Waals surface area contributed by atoms with Gasteiger partial charge in [0.25, 0.3) is 0 Å². The summed E-state index contributed by atoms with van der Waals surface area (Å²) >= 11 is 0. The van der Waals surface area contributed by atoms with Crippen molar-refractivity contribution in [3.8, 4) is 0 Å². The molecule has 1 unspecified atom stereocenters. The molecule has 0 aliphatic carbocycles. The molecule has 27 heavy (non-hydrogen) atoms. The summed E-state index contributed by atoms with van der Waals surface area (Å²) in [5, 5.41) is 0. The zero-order chi connectivity index (χ0) is 18.6. The maximum absolute atomic E-state index is 12.0. The molecule has 0 bridgehead atoms. The Morgan fingerprint density at radius 2 is 1.89 bits per heavy atom. The molecule has 4 rings (SSSR count). The second kappa shape index (κ2) is 7.87. The van der Waals surface area contributed by atoms with Crippen LogP contribution in [0.25, 0.3) is 0 Å². The van der Waals surface area contributed by atoms with Gasteiger partial charge in [-0.15, -0.1) is 0 Å². The molecule has 0 aromatic carbocycles. The van der Waals surface area contributed by atoms with Crippen LogP contribution in [-0.2, 0) is 16.1 Å². The molecule has 0 spiro atoms. The van der Waals surface area contributed by atoms with Crippen LogP contribution in [0.4, 0.5) is 11.6 Å². The molecule has 0 radical (unpaired) electrons. The minimum absolute atomic E-state index is 0.118. The number of hydrogen-bond donors (Lipinski definition) is 0. The fraction of sp³-hybridized carbons (Fsp3) is 0.474. The highest BCUT2D eigenvalue weighted by atomic mass is 16.5. The third kappa shape index (κ3) is 4.16. The average Bonchev–Trinajstić information content (AvgIpc) is 3.19. The van der Waals surface area contributed by atoms with E-state index in [0.29, 0.717) is 19.7 Å². The first-order valence-corrected chi connectivity index (χ1v) is 9.25. The van der Waals surface area contributed by atoms with Gasteiger partial charge in [0, 0.05) is 51.7 Å². The molecule has 142 valence electrons. The van der Waals surface area contributed by atoms with Crippen molar-refractivity contribution < 1.29 is 9.53 Å². The number of rotatable bonds is 5. The molecule has 2 fully saturated rings. The molecule has 8 nitrogen and oxygen atoms in total. The molecule has 2 aliphatic heterocycles. The monoisotopic (exact) mass is 368 g/mol. The second-order valence-electron chi connectivity index (χ2n) is 6.99. The predicted molar refractivity (Wildman–Crippen MR) is 102 cm³/mol. The summed E-state index contributed by atoms with van der Waals surface area (Å²) in [5.41, 5.74) is 1.13. The van der Waals surface area contributed by atoms with Crippen LogP contribution in [0.5, 0.6) is 0 Å².